The predicted molar refractivity (Wildman–Crippen MR) is 101 cm³/mol. The second-order valence-corrected chi connectivity index (χ2v) is 6.51. The maximum atomic E-state index is 11.1. The van der Waals surface area contributed by atoms with Gasteiger partial charge in [0.2, 0.25) is 0 Å². The number of hydrogen-bond acceptors (Lipinski definition) is 4. The molecule has 6 heteroatoms. The fraction of sp³-hybridized carbons (Fsp3) is 0.100. The number of hydrogen-bond donors (Lipinski definition) is 2. The molecule has 0 saturated heterocycles. The van der Waals surface area contributed by atoms with Crippen molar-refractivity contribution < 1.29 is 24.5 Å². The van der Waals surface area contributed by atoms with E-state index in [-0.39, 0.29) is 23.5 Å². The summed E-state index contributed by atoms with van der Waals surface area (Å²) in [5.41, 5.74) is 1.37. The zero-order valence-corrected chi connectivity index (χ0v) is 15.2. The van der Waals surface area contributed by atoms with Gasteiger partial charge in [-0.2, -0.15) is 0 Å². The molecule has 0 saturated carbocycles. The van der Waals surface area contributed by atoms with Crippen molar-refractivity contribution in [3.05, 3.63) is 69.7 Å². The van der Waals surface area contributed by atoms with Crippen LogP contribution in [-0.4, -0.2) is 29.1 Å². The lowest BCUT2D eigenvalue weighted by molar-refractivity contribution is -0.139. The van der Waals surface area contributed by atoms with Gasteiger partial charge < -0.3 is 14.9 Å². The summed E-state index contributed by atoms with van der Waals surface area (Å²) in [5.74, 6) is -1.10. The number of ether oxygens (including phenoxy) is 1. The van der Waals surface area contributed by atoms with Gasteiger partial charge in [-0.15, -0.1) is 0 Å². The number of phenols is 1. The molecule has 0 atom stereocenters. The number of carboxylic acid groups (broad SMARTS) is 1. The molecule has 0 heterocycles. The van der Waals surface area contributed by atoms with Crippen LogP contribution in [0.2, 0.25) is 0 Å². The van der Waals surface area contributed by atoms with Gasteiger partial charge in [0.1, 0.15) is 11.5 Å². The SMILES string of the molecule is O=Cc1ccc(OCC(=O)O)c(Cc2ccc3ccccc3c2Br)c1O. The third-order valence-electron chi connectivity index (χ3n) is 4.06. The van der Waals surface area contributed by atoms with E-state index in [4.69, 9.17) is 9.84 Å². The van der Waals surface area contributed by atoms with Crippen LogP contribution in [0.3, 0.4) is 0 Å². The first-order valence-corrected chi connectivity index (χ1v) is 8.61. The Morgan fingerprint density at radius 1 is 1.12 bits per heavy atom. The highest BCUT2D eigenvalue weighted by Crippen LogP contribution is 2.36. The topological polar surface area (TPSA) is 83.8 Å². The van der Waals surface area contributed by atoms with Crippen LogP contribution in [0.4, 0.5) is 0 Å². The van der Waals surface area contributed by atoms with Crippen molar-refractivity contribution in [1.82, 2.24) is 0 Å². The second kappa shape index (κ2) is 7.58. The first-order chi connectivity index (χ1) is 12.5. The van der Waals surface area contributed by atoms with E-state index in [2.05, 4.69) is 15.9 Å². The second-order valence-electron chi connectivity index (χ2n) is 5.72. The molecule has 26 heavy (non-hydrogen) atoms. The number of carboxylic acids is 1. The zero-order valence-electron chi connectivity index (χ0n) is 13.6. The highest BCUT2D eigenvalue weighted by Gasteiger charge is 2.17. The number of rotatable bonds is 6. The first kappa shape index (κ1) is 17.9. The number of carbonyl (C=O) groups is 2. The van der Waals surface area contributed by atoms with Gasteiger partial charge in [-0.3, -0.25) is 4.79 Å². The van der Waals surface area contributed by atoms with Crippen molar-refractivity contribution in [1.29, 1.82) is 0 Å². The van der Waals surface area contributed by atoms with Crippen molar-refractivity contribution in [2.24, 2.45) is 0 Å². The summed E-state index contributed by atoms with van der Waals surface area (Å²) in [6.07, 6.45) is 0.823. The van der Waals surface area contributed by atoms with Gasteiger partial charge in [-0.05, 0) is 44.4 Å². The lowest BCUT2D eigenvalue weighted by Crippen LogP contribution is -2.11. The molecule has 5 nitrogen and oxygen atoms in total. The molecule has 0 aliphatic rings. The average molecular weight is 415 g/mol. The predicted octanol–water partition coefficient (Wildman–Crippen LogP) is 4.17. The molecule has 132 valence electrons. The summed E-state index contributed by atoms with van der Waals surface area (Å²) < 4.78 is 6.16. The van der Waals surface area contributed by atoms with E-state index in [1.807, 2.05) is 36.4 Å². The Hall–Kier alpha value is -2.86. The third kappa shape index (κ3) is 3.55. The van der Waals surface area contributed by atoms with Crippen LogP contribution in [0.1, 0.15) is 21.5 Å². The average Bonchev–Trinajstić information content (AvgIpc) is 2.64. The van der Waals surface area contributed by atoms with Crippen molar-refractivity contribution in [2.75, 3.05) is 6.61 Å². The minimum atomic E-state index is -1.12. The number of carbonyl (C=O) groups excluding carboxylic acids is 1. The molecule has 0 aromatic heterocycles. The summed E-state index contributed by atoms with van der Waals surface area (Å²) in [4.78, 5) is 21.9. The summed E-state index contributed by atoms with van der Waals surface area (Å²) in [6.45, 7) is -0.536. The van der Waals surface area contributed by atoms with Gasteiger partial charge in [0, 0.05) is 16.5 Å². The van der Waals surface area contributed by atoms with E-state index in [1.165, 1.54) is 12.1 Å². The van der Waals surface area contributed by atoms with Gasteiger partial charge in [0.05, 0.1) is 5.56 Å². The molecule has 0 amide bonds. The minimum Gasteiger partial charge on any atom is -0.507 e. The molecule has 0 fully saturated rings. The highest BCUT2D eigenvalue weighted by atomic mass is 79.9. The Bertz CT molecular complexity index is 997. The van der Waals surface area contributed by atoms with Crippen LogP contribution in [0.25, 0.3) is 10.8 Å². The van der Waals surface area contributed by atoms with Crippen LogP contribution in [0.15, 0.2) is 53.0 Å². The first-order valence-electron chi connectivity index (χ1n) is 7.82. The van der Waals surface area contributed by atoms with Crippen LogP contribution >= 0.6 is 15.9 Å². The Morgan fingerprint density at radius 2 is 1.88 bits per heavy atom. The molecule has 3 rings (SSSR count). The summed E-state index contributed by atoms with van der Waals surface area (Å²) in [7, 11) is 0. The molecule has 0 spiro atoms. The number of benzene rings is 3. The van der Waals surface area contributed by atoms with Crippen molar-refractivity contribution in [3.8, 4) is 11.5 Å². The molecule has 2 N–H and O–H groups in total. The van der Waals surface area contributed by atoms with Crippen molar-refractivity contribution in [3.63, 3.8) is 0 Å². The smallest absolute Gasteiger partial charge is 0.341 e. The summed E-state index contributed by atoms with van der Waals surface area (Å²) in [6, 6.07) is 14.6. The number of aliphatic carboxylic acids is 1. The molecule has 0 radical (unpaired) electrons. The summed E-state index contributed by atoms with van der Waals surface area (Å²) in [5, 5.41) is 21.3. The molecule has 3 aromatic rings. The molecule has 0 aliphatic carbocycles. The van der Waals surface area contributed by atoms with Crippen LogP contribution in [-0.2, 0) is 11.2 Å². The fourth-order valence-electron chi connectivity index (χ4n) is 2.78. The van der Waals surface area contributed by atoms with Gasteiger partial charge in [0.15, 0.2) is 12.9 Å². The molecular weight excluding hydrogens is 400 g/mol. The number of aldehydes is 1. The van der Waals surface area contributed by atoms with Gasteiger partial charge >= 0.3 is 5.97 Å². The van der Waals surface area contributed by atoms with Crippen LogP contribution in [0.5, 0.6) is 11.5 Å². The number of fused-ring (bicyclic) bond motifs is 1. The molecular formula is C20H15BrO5. The maximum Gasteiger partial charge on any atom is 0.341 e. The van der Waals surface area contributed by atoms with Gasteiger partial charge in [0.25, 0.3) is 0 Å². The molecule has 3 aromatic carbocycles. The Morgan fingerprint density at radius 3 is 2.62 bits per heavy atom. The van der Waals surface area contributed by atoms with Crippen molar-refractivity contribution in [2.45, 2.75) is 6.42 Å². The minimum absolute atomic E-state index is 0.125. The Balaban J connectivity index is 2.06. The largest absolute Gasteiger partial charge is 0.507 e. The van der Waals surface area contributed by atoms with Gasteiger partial charge in [-0.25, -0.2) is 4.79 Å². The number of phenolic OH excluding ortho intramolecular Hbond substituents is 1. The van der Waals surface area contributed by atoms with E-state index in [0.717, 1.165) is 20.8 Å². The van der Waals surface area contributed by atoms with Crippen LogP contribution < -0.4 is 4.74 Å². The normalized spacial score (nSPS) is 10.7. The van der Waals surface area contributed by atoms with E-state index < -0.39 is 12.6 Å². The monoisotopic (exact) mass is 414 g/mol. The molecule has 0 unspecified atom stereocenters. The van der Waals surface area contributed by atoms with Crippen LogP contribution in [0, 0.1) is 0 Å². The standard InChI is InChI=1S/C20H15BrO5/c21-19-13(6-5-12-3-1-2-4-15(12)19)9-16-17(26-11-18(23)24)8-7-14(10-22)20(16)25/h1-8,10,25H,9,11H2,(H,23,24). The van der Waals surface area contributed by atoms with Gasteiger partial charge in [-0.1, -0.05) is 36.4 Å². The van der Waals surface area contributed by atoms with E-state index in [9.17, 15) is 14.7 Å². The lowest BCUT2D eigenvalue weighted by Gasteiger charge is -2.15. The fourth-order valence-corrected chi connectivity index (χ4v) is 3.42. The van der Waals surface area contributed by atoms with Crippen molar-refractivity contribution >= 4 is 39.0 Å². The number of aromatic hydroxyl groups is 1. The number of halogens is 1. The van der Waals surface area contributed by atoms with E-state index >= 15 is 0 Å². The quantitative estimate of drug-likeness (QED) is 0.591. The lowest BCUT2D eigenvalue weighted by atomic mass is 9.98. The third-order valence-corrected chi connectivity index (χ3v) is 5.00. The molecule has 0 aliphatic heterocycles. The maximum absolute atomic E-state index is 11.1. The molecule has 0 bridgehead atoms. The van der Waals surface area contributed by atoms with E-state index in [1.54, 1.807) is 0 Å². The zero-order chi connectivity index (χ0) is 18.7. The Kier molecular flexibility index (Phi) is 5.23. The highest BCUT2D eigenvalue weighted by molar-refractivity contribution is 9.10. The Labute approximate surface area is 158 Å². The van der Waals surface area contributed by atoms with E-state index in [0.29, 0.717) is 11.8 Å². The summed E-state index contributed by atoms with van der Waals surface area (Å²) >= 11 is 3.60.